The van der Waals surface area contributed by atoms with Crippen molar-refractivity contribution in [3.05, 3.63) is 47.7 Å². The lowest BCUT2D eigenvalue weighted by atomic mass is 9.96. The normalized spacial score (nSPS) is 18.1. The number of ether oxygens (including phenoxy) is 2. The van der Waals surface area contributed by atoms with Crippen molar-refractivity contribution in [2.45, 2.75) is 26.9 Å². The van der Waals surface area contributed by atoms with E-state index in [4.69, 9.17) is 9.47 Å². The lowest BCUT2D eigenvalue weighted by molar-refractivity contribution is -0.151. The number of allylic oxidation sites excluding steroid dienone is 3. The Labute approximate surface area is 134 Å². The van der Waals surface area contributed by atoms with Crippen LogP contribution >= 0.6 is 0 Å². The minimum atomic E-state index is -1.40. The number of esters is 1. The second-order valence-electron chi connectivity index (χ2n) is 5.48. The van der Waals surface area contributed by atoms with E-state index in [1.165, 1.54) is 13.0 Å². The van der Waals surface area contributed by atoms with Crippen LogP contribution in [0, 0.1) is 5.92 Å². The van der Waals surface area contributed by atoms with Gasteiger partial charge < -0.3 is 9.47 Å². The molecule has 120 valence electrons. The maximum Gasteiger partial charge on any atom is 0.329 e. The van der Waals surface area contributed by atoms with Crippen molar-refractivity contribution >= 4 is 23.6 Å². The summed E-state index contributed by atoms with van der Waals surface area (Å²) in [7, 11) is 0. The van der Waals surface area contributed by atoms with E-state index in [0.29, 0.717) is 0 Å². The minimum Gasteiger partial charge on any atom is -0.491 e. The van der Waals surface area contributed by atoms with Crippen molar-refractivity contribution in [1.82, 2.24) is 0 Å². The standard InChI is InChI=1S/C18H18O5/c1-11(2)22-14-7-4-13(5-8-14)6-9-15(19)17-16(20)10-12(3)23-18(17)21/h4-11,17H,1-3H3/b9-6-/t17-/m0/s1. The Kier molecular flexibility index (Phi) is 5.11. The molecule has 0 radical (unpaired) electrons. The molecule has 1 aliphatic heterocycles. The van der Waals surface area contributed by atoms with Gasteiger partial charge in [0.1, 0.15) is 11.5 Å². The third-order valence-electron chi connectivity index (χ3n) is 3.10. The van der Waals surface area contributed by atoms with E-state index in [9.17, 15) is 14.4 Å². The van der Waals surface area contributed by atoms with Gasteiger partial charge in [-0.2, -0.15) is 0 Å². The van der Waals surface area contributed by atoms with Crippen LogP contribution in [-0.4, -0.2) is 23.6 Å². The molecule has 0 aliphatic carbocycles. The topological polar surface area (TPSA) is 69.7 Å². The molecule has 5 nitrogen and oxygen atoms in total. The van der Waals surface area contributed by atoms with Crippen LogP contribution < -0.4 is 4.74 Å². The van der Waals surface area contributed by atoms with Crippen LogP contribution in [0.2, 0.25) is 0 Å². The predicted molar refractivity (Wildman–Crippen MR) is 84.6 cm³/mol. The summed E-state index contributed by atoms with van der Waals surface area (Å²) in [6.45, 7) is 5.36. The molecule has 1 heterocycles. The van der Waals surface area contributed by atoms with Gasteiger partial charge in [0.15, 0.2) is 17.5 Å². The third-order valence-corrected chi connectivity index (χ3v) is 3.10. The summed E-state index contributed by atoms with van der Waals surface area (Å²) in [4.78, 5) is 35.5. The summed E-state index contributed by atoms with van der Waals surface area (Å²) in [6, 6.07) is 7.14. The quantitative estimate of drug-likeness (QED) is 0.475. The lowest BCUT2D eigenvalue weighted by Gasteiger charge is -2.15. The molecule has 0 saturated carbocycles. The van der Waals surface area contributed by atoms with E-state index in [2.05, 4.69) is 0 Å². The van der Waals surface area contributed by atoms with E-state index in [-0.39, 0.29) is 11.9 Å². The Morgan fingerprint density at radius 1 is 1.22 bits per heavy atom. The first-order valence-corrected chi connectivity index (χ1v) is 7.29. The number of carbonyl (C=O) groups excluding carboxylic acids is 3. The van der Waals surface area contributed by atoms with E-state index in [1.807, 2.05) is 13.8 Å². The average molecular weight is 314 g/mol. The van der Waals surface area contributed by atoms with Crippen molar-refractivity contribution in [1.29, 1.82) is 0 Å². The van der Waals surface area contributed by atoms with Crippen LogP contribution in [0.25, 0.3) is 6.08 Å². The van der Waals surface area contributed by atoms with Crippen molar-refractivity contribution in [3.8, 4) is 5.75 Å². The maximum atomic E-state index is 12.0. The molecule has 0 aromatic heterocycles. The number of benzene rings is 1. The SMILES string of the molecule is CC1=CC(=O)[C@H](C(=O)/C=C\c2ccc(OC(C)C)cc2)C(=O)O1. The predicted octanol–water partition coefficient (Wildman–Crippen LogP) is 2.70. The molecular weight excluding hydrogens is 296 g/mol. The first-order valence-electron chi connectivity index (χ1n) is 7.29. The first-order chi connectivity index (χ1) is 10.9. The zero-order valence-electron chi connectivity index (χ0n) is 13.2. The van der Waals surface area contributed by atoms with Gasteiger partial charge in [-0.1, -0.05) is 18.2 Å². The summed E-state index contributed by atoms with van der Waals surface area (Å²) < 4.78 is 10.3. The van der Waals surface area contributed by atoms with Gasteiger partial charge in [-0.15, -0.1) is 0 Å². The van der Waals surface area contributed by atoms with Crippen molar-refractivity contribution < 1.29 is 23.9 Å². The number of cyclic esters (lactones) is 1. The van der Waals surface area contributed by atoms with Gasteiger partial charge in [0.2, 0.25) is 0 Å². The van der Waals surface area contributed by atoms with Gasteiger partial charge in [0, 0.05) is 6.08 Å². The fourth-order valence-corrected chi connectivity index (χ4v) is 2.11. The zero-order valence-corrected chi connectivity index (χ0v) is 13.2. The van der Waals surface area contributed by atoms with Crippen LogP contribution in [0.1, 0.15) is 26.3 Å². The summed E-state index contributed by atoms with van der Waals surface area (Å²) >= 11 is 0. The summed E-state index contributed by atoms with van der Waals surface area (Å²) in [5.74, 6) is -2.44. The molecule has 0 unspecified atom stereocenters. The molecule has 1 aromatic carbocycles. The van der Waals surface area contributed by atoms with Crippen LogP contribution in [-0.2, 0) is 19.1 Å². The van der Waals surface area contributed by atoms with Crippen molar-refractivity contribution in [2.24, 2.45) is 5.92 Å². The molecule has 23 heavy (non-hydrogen) atoms. The summed E-state index contributed by atoms with van der Waals surface area (Å²) in [6.07, 6.45) is 4.01. The van der Waals surface area contributed by atoms with Gasteiger partial charge in [-0.25, -0.2) is 0 Å². The minimum absolute atomic E-state index is 0.0813. The van der Waals surface area contributed by atoms with Crippen LogP contribution in [0.5, 0.6) is 5.75 Å². The largest absolute Gasteiger partial charge is 0.491 e. The van der Waals surface area contributed by atoms with Gasteiger partial charge in [-0.05, 0) is 44.5 Å². The van der Waals surface area contributed by atoms with Gasteiger partial charge in [0.25, 0.3) is 0 Å². The molecule has 0 bridgehead atoms. The molecule has 1 aliphatic rings. The molecule has 1 aromatic rings. The van der Waals surface area contributed by atoms with Crippen LogP contribution in [0.3, 0.4) is 0 Å². The highest BCUT2D eigenvalue weighted by atomic mass is 16.5. The van der Waals surface area contributed by atoms with Gasteiger partial charge in [-0.3, -0.25) is 14.4 Å². The molecule has 0 fully saturated rings. The number of carbonyl (C=O) groups is 3. The molecule has 2 rings (SSSR count). The van der Waals surface area contributed by atoms with Crippen molar-refractivity contribution in [2.75, 3.05) is 0 Å². The fourth-order valence-electron chi connectivity index (χ4n) is 2.11. The highest BCUT2D eigenvalue weighted by Gasteiger charge is 2.36. The second kappa shape index (κ2) is 7.05. The Morgan fingerprint density at radius 3 is 2.43 bits per heavy atom. The zero-order chi connectivity index (χ0) is 17.0. The number of rotatable bonds is 5. The van der Waals surface area contributed by atoms with E-state index in [0.717, 1.165) is 17.4 Å². The van der Waals surface area contributed by atoms with E-state index < -0.39 is 23.5 Å². The van der Waals surface area contributed by atoms with E-state index >= 15 is 0 Å². The van der Waals surface area contributed by atoms with Crippen LogP contribution in [0.4, 0.5) is 0 Å². The van der Waals surface area contributed by atoms with Gasteiger partial charge in [0.05, 0.1) is 6.10 Å². The fraction of sp³-hybridized carbons (Fsp3) is 0.278. The average Bonchev–Trinajstić information content (AvgIpc) is 2.45. The Bertz CT molecular complexity index is 680. The Balaban J connectivity index is 2.06. The third kappa shape index (κ3) is 4.39. The van der Waals surface area contributed by atoms with Gasteiger partial charge >= 0.3 is 5.97 Å². The smallest absolute Gasteiger partial charge is 0.329 e. The highest BCUT2D eigenvalue weighted by Crippen LogP contribution is 2.18. The Hall–Kier alpha value is -2.69. The van der Waals surface area contributed by atoms with Crippen LogP contribution in [0.15, 0.2) is 42.2 Å². The second-order valence-corrected chi connectivity index (χ2v) is 5.48. The number of hydrogen-bond donors (Lipinski definition) is 0. The lowest BCUT2D eigenvalue weighted by Crippen LogP contribution is -2.34. The Morgan fingerprint density at radius 2 is 1.87 bits per heavy atom. The van der Waals surface area contributed by atoms with Crippen molar-refractivity contribution in [3.63, 3.8) is 0 Å². The molecule has 0 spiro atoms. The molecule has 1 atom stereocenters. The summed E-state index contributed by atoms with van der Waals surface area (Å²) in [5.41, 5.74) is 0.762. The summed E-state index contributed by atoms with van der Waals surface area (Å²) in [5, 5.41) is 0. The molecule has 0 amide bonds. The first kappa shape index (κ1) is 16.7. The number of ketones is 2. The molecular formula is C18H18O5. The number of hydrogen-bond acceptors (Lipinski definition) is 5. The molecule has 5 heteroatoms. The monoisotopic (exact) mass is 314 g/mol. The molecule has 0 saturated heterocycles. The molecule has 0 N–H and O–H groups in total. The highest BCUT2D eigenvalue weighted by molar-refractivity contribution is 6.25. The maximum absolute atomic E-state index is 12.0. The van der Waals surface area contributed by atoms with E-state index in [1.54, 1.807) is 30.3 Å².